The van der Waals surface area contributed by atoms with E-state index in [0.29, 0.717) is 4.88 Å². The van der Waals surface area contributed by atoms with Crippen molar-refractivity contribution in [3.8, 4) is 0 Å². The summed E-state index contributed by atoms with van der Waals surface area (Å²) in [6.07, 6.45) is 0.815. The first-order valence-corrected chi connectivity index (χ1v) is 6.21. The van der Waals surface area contributed by atoms with Crippen molar-refractivity contribution in [3.05, 3.63) is 16.1 Å². The normalized spacial score (nSPS) is 10.9. The van der Waals surface area contributed by atoms with Crippen molar-refractivity contribution >= 4 is 23.3 Å². The molecule has 1 N–H and O–H groups in total. The van der Waals surface area contributed by atoms with Gasteiger partial charge in [0.05, 0.1) is 11.2 Å². The van der Waals surface area contributed by atoms with Gasteiger partial charge in [-0.25, -0.2) is 20.2 Å². The third kappa shape index (κ3) is 4.33. The van der Waals surface area contributed by atoms with Crippen LogP contribution >= 0.6 is 11.3 Å². The Morgan fingerprint density at radius 3 is 2.50 bits per heavy atom. The number of amides is 2. The average Bonchev–Trinajstić information content (AvgIpc) is 2.60. The van der Waals surface area contributed by atoms with Gasteiger partial charge in [0.1, 0.15) is 10.5 Å². The van der Waals surface area contributed by atoms with Crippen LogP contribution in [0.25, 0.3) is 0 Å². The Hall–Kier alpha value is -1.63. The highest BCUT2D eigenvalue weighted by Crippen LogP contribution is 2.13. The van der Waals surface area contributed by atoms with Crippen molar-refractivity contribution in [2.75, 3.05) is 7.05 Å². The van der Waals surface area contributed by atoms with E-state index >= 15 is 0 Å². The number of carbonyl (C=O) groups excluding carboxylic acids is 2. The largest absolute Gasteiger partial charge is 0.443 e. The molecule has 0 aliphatic rings. The molecule has 0 aromatic carbocycles. The lowest BCUT2D eigenvalue weighted by molar-refractivity contribution is 0.0336. The summed E-state index contributed by atoms with van der Waals surface area (Å²) in [5, 5.41) is 1.88. The minimum atomic E-state index is -0.667. The van der Waals surface area contributed by atoms with Gasteiger partial charge >= 0.3 is 6.09 Å². The fourth-order valence-electron chi connectivity index (χ4n) is 1.11. The first-order valence-electron chi connectivity index (χ1n) is 5.39. The molecule has 0 radical (unpaired) electrons. The van der Waals surface area contributed by atoms with Crippen LogP contribution in [0.3, 0.4) is 0 Å². The molecule has 0 spiro atoms. The lowest BCUT2D eigenvalue weighted by Gasteiger charge is -2.23. The summed E-state index contributed by atoms with van der Waals surface area (Å²) in [5.74, 6) is -0.327. The van der Waals surface area contributed by atoms with E-state index in [0.717, 1.165) is 10.0 Å². The molecule has 18 heavy (non-hydrogen) atoms. The molecule has 0 saturated carbocycles. The number of hydrazine groups is 1. The van der Waals surface area contributed by atoms with E-state index < -0.39 is 11.7 Å². The monoisotopic (exact) mass is 271 g/mol. The second kappa shape index (κ2) is 5.34. The smallest absolute Gasteiger partial charge is 0.426 e. The summed E-state index contributed by atoms with van der Waals surface area (Å²) in [6, 6.07) is 0. The molecule has 0 atom stereocenters. The lowest BCUT2D eigenvalue weighted by atomic mass is 10.2. The quantitative estimate of drug-likeness (QED) is 0.793. The van der Waals surface area contributed by atoms with Crippen molar-refractivity contribution in [2.45, 2.75) is 33.3 Å². The molecule has 1 rings (SSSR count). The number of hydrogen-bond acceptors (Lipinski definition) is 5. The van der Waals surface area contributed by atoms with Crippen molar-refractivity contribution in [1.29, 1.82) is 0 Å². The summed E-state index contributed by atoms with van der Waals surface area (Å²) in [6.45, 7) is 7.06. The summed E-state index contributed by atoms with van der Waals surface area (Å²) in [4.78, 5) is 27.8. The zero-order valence-electron chi connectivity index (χ0n) is 11.1. The van der Waals surface area contributed by atoms with E-state index in [9.17, 15) is 9.59 Å². The molecular formula is C11H17N3O3S. The van der Waals surface area contributed by atoms with E-state index in [1.54, 1.807) is 20.8 Å². The fourth-order valence-corrected chi connectivity index (χ4v) is 1.87. The number of ether oxygens (including phenoxy) is 1. The highest BCUT2D eigenvalue weighted by Gasteiger charge is 2.20. The zero-order valence-corrected chi connectivity index (χ0v) is 11.9. The maximum Gasteiger partial charge on any atom is 0.426 e. The lowest BCUT2D eigenvalue weighted by Crippen LogP contribution is -2.45. The molecule has 0 aliphatic heterocycles. The van der Waals surface area contributed by atoms with Gasteiger partial charge in [0, 0.05) is 7.05 Å². The SMILES string of the molecule is Cc1ncc(C(=O)N(C)NC(=O)OC(C)(C)C)s1. The standard InChI is InChI=1S/C11H17N3O3S/c1-7-12-6-8(18-7)9(15)14(5)13-10(16)17-11(2,3)4/h6H,1-5H3,(H,13,16). The molecule has 0 aliphatic carbocycles. The highest BCUT2D eigenvalue weighted by molar-refractivity contribution is 7.13. The predicted molar refractivity (Wildman–Crippen MR) is 68.3 cm³/mol. The maximum atomic E-state index is 11.9. The van der Waals surface area contributed by atoms with Crippen molar-refractivity contribution in [1.82, 2.24) is 15.4 Å². The summed E-state index contributed by atoms with van der Waals surface area (Å²) in [5.41, 5.74) is 1.74. The Morgan fingerprint density at radius 2 is 2.06 bits per heavy atom. The van der Waals surface area contributed by atoms with Gasteiger partial charge < -0.3 is 4.74 Å². The Balaban J connectivity index is 2.58. The molecule has 1 heterocycles. The van der Waals surface area contributed by atoms with Gasteiger partial charge in [0.25, 0.3) is 5.91 Å². The van der Waals surface area contributed by atoms with E-state index in [1.807, 2.05) is 6.92 Å². The van der Waals surface area contributed by atoms with Crippen LogP contribution in [0, 0.1) is 6.92 Å². The number of nitrogens with zero attached hydrogens (tertiary/aromatic N) is 2. The van der Waals surface area contributed by atoms with Gasteiger partial charge in [-0.15, -0.1) is 11.3 Å². The second-order valence-corrected chi connectivity index (χ2v) is 5.96. The van der Waals surface area contributed by atoms with Crippen molar-refractivity contribution in [2.24, 2.45) is 0 Å². The molecule has 0 saturated heterocycles. The van der Waals surface area contributed by atoms with Gasteiger partial charge in [-0.05, 0) is 27.7 Å². The minimum Gasteiger partial charge on any atom is -0.443 e. The summed E-state index contributed by atoms with van der Waals surface area (Å²) >= 11 is 1.27. The third-order valence-corrected chi connectivity index (χ3v) is 2.70. The number of rotatable bonds is 1. The molecule has 6 nitrogen and oxygen atoms in total. The minimum absolute atomic E-state index is 0.327. The summed E-state index contributed by atoms with van der Waals surface area (Å²) in [7, 11) is 1.46. The number of aryl methyl sites for hydroxylation is 1. The predicted octanol–water partition coefficient (Wildman–Crippen LogP) is 1.96. The molecule has 100 valence electrons. The average molecular weight is 271 g/mol. The second-order valence-electron chi connectivity index (χ2n) is 4.72. The topological polar surface area (TPSA) is 71.5 Å². The summed E-state index contributed by atoms with van der Waals surface area (Å²) < 4.78 is 5.04. The van der Waals surface area contributed by atoms with Crippen LogP contribution in [0.1, 0.15) is 35.5 Å². The third-order valence-electron chi connectivity index (χ3n) is 1.79. The molecule has 0 fully saturated rings. The first-order chi connectivity index (χ1) is 8.19. The number of aromatic nitrogens is 1. The van der Waals surface area contributed by atoms with E-state index in [4.69, 9.17) is 4.74 Å². The highest BCUT2D eigenvalue weighted by atomic mass is 32.1. The van der Waals surface area contributed by atoms with Gasteiger partial charge in [-0.2, -0.15) is 0 Å². The fraction of sp³-hybridized carbons (Fsp3) is 0.545. The number of thiazole rings is 1. The van der Waals surface area contributed by atoms with E-state index in [1.165, 1.54) is 24.6 Å². The maximum absolute atomic E-state index is 11.9. The number of nitrogens with one attached hydrogen (secondary N) is 1. The number of hydrogen-bond donors (Lipinski definition) is 1. The van der Waals surface area contributed by atoms with Gasteiger partial charge in [-0.3, -0.25) is 4.79 Å². The molecular weight excluding hydrogens is 254 g/mol. The van der Waals surface area contributed by atoms with Crippen LogP contribution in [0.2, 0.25) is 0 Å². The van der Waals surface area contributed by atoms with Gasteiger partial charge in [0.15, 0.2) is 0 Å². The molecule has 2 amide bonds. The Kier molecular flexibility index (Phi) is 4.28. The molecule has 0 unspecified atom stereocenters. The Bertz CT molecular complexity index is 451. The molecule has 7 heteroatoms. The zero-order chi connectivity index (χ0) is 13.9. The van der Waals surface area contributed by atoms with Crippen LogP contribution in [0.15, 0.2) is 6.20 Å². The molecule has 1 aromatic rings. The molecule has 1 aromatic heterocycles. The van der Waals surface area contributed by atoms with Gasteiger partial charge in [-0.1, -0.05) is 0 Å². The van der Waals surface area contributed by atoms with Crippen LogP contribution in [-0.2, 0) is 4.74 Å². The van der Waals surface area contributed by atoms with Crippen molar-refractivity contribution < 1.29 is 14.3 Å². The van der Waals surface area contributed by atoms with Crippen LogP contribution in [0.5, 0.6) is 0 Å². The Morgan fingerprint density at radius 1 is 1.44 bits per heavy atom. The van der Waals surface area contributed by atoms with Gasteiger partial charge in [0.2, 0.25) is 0 Å². The van der Waals surface area contributed by atoms with E-state index in [-0.39, 0.29) is 5.91 Å². The van der Waals surface area contributed by atoms with E-state index in [2.05, 4.69) is 10.4 Å². The van der Waals surface area contributed by atoms with Crippen LogP contribution in [0.4, 0.5) is 4.79 Å². The molecule has 0 bridgehead atoms. The first kappa shape index (κ1) is 14.4. The van der Waals surface area contributed by atoms with Crippen molar-refractivity contribution in [3.63, 3.8) is 0 Å². The Labute approximate surface area is 110 Å². The van der Waals surface area contributed by atoms with Crippen LogP contribution < -0.4 is 5.43 Å². The number of carbonyl (C=O) groups is 2. The van der Waals surface area contributed by atoms with Crippen LogP contribution in [-0.4, -0.2) is 34.6 Å².